The molecule has 0 bridgehead atoms. The molecule has 1 saturated heterocycles. The third-order valence-corrected chi connectivity index (χ3v) is 4.66. The summed E-state index contributed by atoms with van der Waals surface area (Å²) in [5.74, 6) is 0.524. The fraction of sp³-hybridized carbons (Fsp3) is 0.500. The van der Waals surface area contributed by atoms with Gasteiger partial charge in [-0.1, -0.05) is 6.08 Å². The first-order chi connectivity index (χ1) is 10.2. The van der Waals surface area contributed by atoms with E-state index in [9.17, 15) is 0 Å². The van der Waals surface area contributed by atoms with Crippen LogP contribution in [0.2, 0.25) is 0 Å². The molecule has 2 heterocycles. The Bertz CT molecular complexity index is 634. The number of hydrogen-bond acceptors (Lipinski definition) is 5. The number of nitriles is 1. The van der Waals surface area contributed by atoms with E-state index >= 15 is 0 Å². The van der Waals surface area contributed by atoms with Gasteiger partial charge >= 0.3 is 7.12 Å². The van der Waals surface area contributed by atoms with Crippen LogP contribution in [0.1, 0.15) is 44.5 Å². The van der Waals surface area contributed by atoms with Gasteiger partial charge in [-0.05, 0) is 57.3 Å². The molecule has 2 rings (SSSR count). The molecule has 0 aromatic carbocycles. The maximum atomic E-state index is 8.95. The Hall–Kier alpha value is -1.29. The van der Waals surface area contributed by atoms with Gasteiger partial charge in [-0.25, -0.2) is 4.98 Å². The molecule has 0 amide bonds. The molecule has 1 aliphatic rings. The summed E-state index contributed by atoms with van der Waals surface area (Å²) in [5, 5.41) is 8.95. The topological polar surface area (TPSA) is 55.1 Å². The number of nitrogens with zero attached hydrogens (tertiary/aromatic N) is 2. The third-order valence-electron chi connectivity index (χ3n) is 4.30. The van der Waals surface area contributed by atoms with E-state index in [0.29, 0.717) is 11.4 Å². The largest absolute Gasteiger partial charge is 0.491 e. The summed E-state index contributed by atoms with van der Waals surface area (Å²) in [7, 11) is -0.418. The predicted octanol–water partition coefficient (Wildman–Crippen LogP) is 3.21. The molecular formula is C16H21BN2O2S. The number of rotatable bonds is 3. The van der Waals surface area contributed by atoms with E-state index in [1.165, 1.54) is 0 Å². The molecule has 0 aliphatic carbocycles. The fourth-order valence-electron chi connectivity index (χ4n) is 2.19. The average Bonchev–Trinajstić information content (AvgIpc) is 2.65. The molecule has 22 heavy (non-hydrogen) atoms. The summed E-state index contributed by atoms with van der Waals surface area (Å²) < 4.78 is 12.1. The second-order valence-corrected chi connectivity index (χ2v) is 6.83. The summed E-state index contributed by atoms with van der Waals surface area (Å²) in [5.41, 5.74) is 2.39. The summed E-state index contributed by atoms with van der Waals surface area (Å²) in [4.78, 5) is 4.16. The van der Waals surface area contributed by atoms with Gasteiger partial charge in [-0.3, -0.25) is 0 Å². The third kappa shape index (κ3) is 3.22. The minimum Gasteiger partial charge on any atom is -0.400 e. The van der Waals surface area contributed by atoms with Crippen LogP contribution in [-0.4, -0.2) is 29.1 Å². The van der Waals surface area contributed by atoms with Crippen LogP contribution < -0.4 is 0 Å². The van der Waals surface area contributed by atoms with Crippen molar-refractivity contribution in [2.75, 3.05) is 5.75 Å². The molecule has 116 valence electrons. The van der Waals surface area contributed by atoms with Crippen LogP contribution in [0.4, 0.5) is 0 Å². The van der Waals surface area contributed by atoms with Crippen molar-refractivity contribution in [2.45, 2.75) is 45.8 Å². The Morgan fingerprint density at radius 1 is 1.36 bits per heavy atom. The molecule has 6 heteroatoms. The number of aryl methyl sites for hydroxylation is 1. The monoisotopic (exact) mass is 316 g/mol. The average molecular weight is 316 g/mol. The highest BCUT2D eigenvalue weighted by Crippen LogP contribution is 2.39. The summed E-state index contributed by atoms with van der Waals surface area (Å²) in [6.07, 6.45) is 3.65. The van der Waals surface area contributed by atoms with Gasteiger partial charge in [0.25, 0.3) is 0 Å². The van der Waals surface area contributed by atoms with Crippen LogP contribution in [0.3, 0.4) is 0 Å². The lowest BCUT2D eigenvalue weighted by atomic mass is 9.78. The van der Waals surface area contributed by atoms with Gasteiger partial charge in [0.15, 0.2) is 0 Å². The summed E-state index contributed by atoms with van der Waals surface area (Å²) in [6.45, 7) is 9.97. The molecule has 0 N–H and O–H groups in total. The molecule has 4 nitrogen and oxygen atoms in total. The molecule has 1 aromatic heterocycles. The van der Waals surface area contributed by atoms with Crippen LogP contribution in [0.15, 0.2) is 17.7 Å². The minimum absolute atomic E-state index is 0.376. The molecule has 0 radical (unpaired) electrons. The Balaban J connectivity index is 2.30. The Morgan fingerprint density at radius 3 is 2.41 bits per heavy atom. The zero-order valence-electron chi connectivity index (χ0n) is 13.7. The second kappa shape index (κ2) is 6.07. The molecule has 1 fully saturated rings. The van der Waals surface area contributed by atoms with Crippen molar-refractivity contribution in [3.05, 3.63) is 34.6 Å². The van der Waals surface area contributed by atoms with Crippen LogP contribution >= 0.6 is 12.6 Å². The molecule has 0 atom stereocenters. The van der Waals surface area contributed by atoms with Gasteiger partial charge in [0.2, 0.25) is 0 Å². The Kier molecular flexibility index (Phi) is 4.71. The zero-order valence-corrected chi connectivity index (χ0v) is 14.6. The number of pyridine rings is 1. The highest BCUT2D eigenvalue weighted by atomic mass is 32.1. The highest BCUT2D eigenvalue weighted by Gasteiger charge is 2.52. The second-order valence-electron chi connectivity index (χ2n) is 6.51. The van der Waals surface area contributed by atoms with Crippen molar-refractivity contribution in [1.82, 2.24) is 4.98 Å². The fourth-order valence-corrected chi connectivity index (χ4v) is 2.43. The lowest BCUT2D eigenvalue weighted by Gasteiger charge is -2.32. The van der Waals surface area contributed by atoms with Crippen LogP contribution in [0.25, 0.3) is 6.08 Å². The van der Waals surface area contributed by atoms with Crippen molar-refractivity contribution in [3.63, 3.8) is 0 Å². The Labute approximate surface area is 138 Å². The van der Waals surface area contributed by atoms with E-state index in [0.717, 1.165) is 16.6 Å². The first-order valence-electron chi connectivity index (χ1n) is 7.24. The molecule has 1 aliphatic heterocycles. The molecule has 0 unspecified atom stereocenters. The smallest absolute Gasteiger partial charge is 0.400 e. The van der Waals surface area contributed by atoms with Gasteiger partial charge < -0.3 is 9.31 Å². The van der Waals surface area contributed by atoms with Gasteiger partial charge in [0.05, 0.1) is 11.2 Å². The normalized spacial score (nSPS) is 20.0. The Morgan fingerprint density at radius 2 is 1.95 bits per heavy atom. The van der Waals surface area contributed by atoms with E-state index < -0.39 is 7.12 Å². The van der Waals surface area contributed by atoms with E-state index in [1.54, 1.807) is 6.20 Å². The quantitative estimate of drug-likeness (QED) is 0.687. The van der Waals surface area contributed by atoms with Crippen molar-refractivity contribution in [3.8, 4) is 6.07 Å². The van der Waals surface area contributed by atoms with Crippen molar-refractivity contribution < 1.29 is 9.31 Å². The van der Waals surface area contributed by atoms with Gasteiger partial charge in [-0.15, -0.1) is 0 Å². The standard InChI is InChI=1S/C16H21BN2O2S/c1-11-6-12(9-19-14(11)8-18)7-13(10-22)17-20-15(2,3)16(4,5)21-17/h6-7,9,22H,10H2,1-5H3. The maximum absolute atomic E-state index is 8.95. The van der Waals surface area contributed by atoms with E-state index in [1.807, 2.05) is 46.8 Å². The highest BCUT2D eigenvalue weighted by molar-refractivity contribution is 7.80. The van der Waals surface area contributed by atoms with Gasteiger partial charge in [-0.2, -0.15) is 17.9 Å². The zero-order chi connectivity index (χ0) is 16.5. The van der Waals surface area contributed by atoms with E-state index in [4.69, 9.17) is 14.6 Å². The van der Waals surface area contributed by atoms with Crippen LogP contribution in [-0.2, 0) is 9.31 Å². The maximum Gasteiger partial charge on any atom is 0.491 e. The number of hydrogen-bond donors (Lipinski definition) is 1. The van der Waals surface area contributed by atoms with Gasteiger partial charge in [0.1, 0.15) is 11.8 Å². The summed E-state index contributed by atoms with van der Waals surface area (Å²) >= 11 is 4.40. The predicted molar refractivity (Wildman–Crippen MR) is 91.6 cm³/mol. The van der Waals surface area contributed by atoms with Crippen molar-refractivity contribution in [2.24, 2.45) is 0 Å². The van der Waals surface area contributed by atoms with Gasteiger partial charge in [0, 0.05) is 11.9 Å². The van der Waals surface area contributed by atoms with Crippen LogP contribution in [0, 0.1) is 18.3 Å². The van der Waals surface area contributed by atoms with E-state index in [-0.39, 0.29) is 11.2 Å². The van der Waals surface area contributed by atoms with Crippen molar-refractivity contribution >= 4 is 25.8 Å². The number of thiol groups is 1. The molecular weight excluding hydrogens is 295 g/mol. The molecule has 1 aromatic rings. The lowest BCUT2D eigenvalue weighted by Crippen LogP contribution is -2.41. The van der Waals surface area contributed by atoms with E-state index in [2.05, 4.69) is 23.7 Å². The minimum atomic E-state index is -0.418. The van der Waals surface area contributed by atoms with Crippen LogP contribution in [0.5, 0.6) is 0 Å². The first-order valence-corrected chi connectivity index (χ1v) is 7.87. The number of aromatic nitrogens is 1. The van der Waals surface area contributed by atoms with Crippen molar-refractivity contribution in [1.29, 1.82) is 5.26 Å². The first kappa shape index (κ1) is 17.1. The molecule has 0 spiro atoms. The summed E-state index contributed by atoms with van der Waals surface area (Å²) in [6, 6.07) is 4.00. The lowest BCUT2D eigenvalue weighted by molar-refractivity contribution is 0.00578. The molecule has 0 saturated carbocycles. The SMILES string of the molecule is Cc1cc(C=C(CS)B2OC(C)(C)C(C)(C)O2)cnc1C#N.